The maximum Gasteiger partial charge on any atom is 0.435 e. The highest BCUT2D eigenvalue weighted by molar-refractivity contribution is 5.87. The first-order chi connectivity index (χ1) is 8.33. The van der Waals surface area contributed by atoms with Crippen molar-refractivity contribution in [2.45, 2.75) is 6.92 Å². The molecule has 0 saturated heterocycles. The molecule has 0 fully saturated rings. The van der Waals surface area contributed by atoms with E-state index in [2.05, 4.69) is 5.10 Å². The van der Waals surface area contributed by atoms with Gasteiger partial charge in [0, 0.05) is 12.0 Å². The highest BCUT2D eigenvalue weighted by Crippen LogP contribution is 2.12. The standard InChI is InChI=1S/C12H14N2O3/c1-2-16-7-8-17-12(15)14-11-6-4-3-5-10(11)9-13-14/h3-6,9H,2,7-8H2,1H3. The number of rotatable bonds is 4. The van der Waals surface area contributed by atoms with Crippen LogP contribution in [-0.2, 0) is 9.47 Å². The van der Waals surface area contributed by atoms with Crippen LogP contribution < -0.4 is 0 Å². The van der Waals surface area contributed by atoms with E-state index in [1.54, 1.807) is 6.20 Å². The highest BCUT2D eigenvalue weighted by atomic mass is 16.6. The molecule has 5 nitrogen and oxygen atoms in total. The highest BCUT2D eigenvalue weighted by Gasteiger charge is 2.10. The number of fused-ring (bicyclic) bond motifs is 1. The number of benzene rings is 1. The molecule has 0 bridgehead atoms. The Bertz CT molecular complexity index is 507. The van der Waals surface area contributed by atoms with Crippen molar-refractivity contribution in [3.63, 3.8) is 0 Å². The summed E-state index contributed by atoms with van der Waals surface area (Å²) in [5.74, 6) is 0. The van der Waals surface area contributed by atoms with Gasteiger partial charge in [-0.05, 0) is 13.0 Å². The predicted molar refractivity (Wildman–Crippen MR) is 63.0 cm³/mol. The first kappa shape index (κ1) is 11.6. The van der Waals surface area contributed by atoms with E-state index in [0.29, 0.717) is 13.2 Å². The van der Waals surface area contributed by atoms with Crippen LogP contribution in [0.4, 0.5) is 4.79 Å². The van der Waals surface area contributed by atoms with Gasteiger partial charge in [0.05, 0.1) is 18.3 Å². The fraction of sp³-hybridized carbons (Fsp3) is 0.333. The molecule has 1 aromatic carbocycles. The van der Waals surface area contributed by atoms with Crippen molar-refractivity contribution in [1.82, 2.24) is 9.78 Å². The maximum atomic E-state index is 11.7. The third kappa shape index (κ3) is 2.62. The summed E-state index contributed by atoms with van der Waals surface area (Å²) in [7, 11) is 0. The van der Waals surface area contributed by atoms with Gasteiger partial charge in [0.15, 0.2) is 0 Å². The van der Waals surface area contributed by atoms with Gasteiger partial charge < -0.3 is 9.47 Å². The summed E-state index contributed by atoms with van der Waals surface area (Å²) in [4.78, 5) is 11.7. The molecule has 0 aliphatic heterocycles. The molecule has 0 radical (unpaired) electrons. The van der Waals surface area contributed by atoms with Crippen molar-refractivity contribution >= 4 is 17.0 Å². The molecule has 0 N–H and O–H groups in total. The van der Waals surface area contributed by atoms with Crippen LogP contribution in [0.25, 0.3) is 10.9 Å². The van der Waals surface area contributed by atoms with Crippen LogP contribution in [-0.4, -0.2) is 35.7 Å². The monoisotopic (exact) mass is 234 g/mol. The van der Waals surface area contributed by atoms with Gasteiger partial charge in [0.25, 0.3) is 0 Å². The maximum absolute atomic E-state index is 11.7. The van der Waals surface area contributed by atoms with Gasteiger partial charge >= 0.3 is 6.09 Å². The molecule has 0 spiro atoms. The fourth-order valence-corrected chi connectivity index (χ4v) is 1.51. The van der Waals surface area contributed by atoms with Crippen molar-refractivity contribution in [3.8, 4) is 0 Å². The molecule has 0 saturated carbocycles. The van der Waals surface area contributed by atoms with Crippen molar-refractivity contribution in [3.05, 3.63) is 30.5 Å². The SMILES string of the molecule is CCOCCOC(=O)n1ncc2ccccc21. The number of carbonyl (C=O) groups is 1. The molecule has 0 aliphatic rings. The van der Waals surface area contributed by atoms with Crippen molar-refractivity contribution < 1.29 is 14.3 Å². The number of carbonyl (C=O) groups excluding carboxylic acids is 1. The van der Waals surface area contributed by atoms with Crippen LogP contribution in [0.5, 0.6) is 0 Å². The summed E-state index contributed by atoms with van der Waals surface area (Å²) < 4.78 is 11.4. The summed E-state index contributed by atoms with van der Waals surface area (Å²) in [5, 5.41) is 4.91. The number of aromatic nitrogens is 2. The van der Waals surface area contributed by atoms with Crippen LogP contribution in [0.1, 0.15) is 6.92 Å². The molecule has 2 rings (SSSR count). The second-order valence-corrected chi connectivity index (χ2v) is 3.43. The molecule has 17 heavy (non-hydrogen) atoms. The van der Waals surface area contributed by atoms with E-state index >= 15 is 0 Å². The molecule has 90 valence electrons. The smallest absolute Gasteiger partial charge is 0.435 e. The van der Waals surface area contributed by atoms with Crippen LogP contribution in [0, 0.1) is 0 Å². The second kappa shape index (κ2) is 5.45. The number of nitrogens with zero attached hydrogens (tertiary/aromatic N) is 2. The number of ether oxygens (including phenoxy) is 2. The molecule has 1 heterocycles. The first-order valence-corrected chi connectivity index (χ1v) is 5.50. The Morgan fingerprint density at radius 3 is 3.00 bits per heavy atom. The molecule has 0 unspecified atom stereocenters. The van der Waals surface area contributed by atoms with Crippen LogP contribution >= 0.6 is 0 Å². The Labute approximate surface area is 98.9 Å². The Hall–Kier alpha value is -1.88. The number of hydrogen-bond donors (Lipinski definition) is 0. The number of hydrogen-bond acceptors (Lipinski definition) is 4. The largest absolute Gasteiger partial charge is 0.445 e. The molecular weight excluding hydrogens is 220 g/mol. The van der Waals surface area contributed by atoms with Gasteiger partial charge in [0.2, 0.25) is 0 Å². The van der Waals surface area contributed by atoms with E-state index in [0.717, 1.165) is 10.9 Å². The molecule has 0 atom stereocenters. The van der Waals surface area contributed by atoms with Crippen molar-refractivity contribution in [2.24, 2.45) is 0 Å². The van der Waals surface area contributed by atoms with Crippen molar-refractivity contribution in [1.29, 1.82) is 0 Å². The van der Waals surface area contributed by atoms with Crippen LogP contribution in [0.2, 0.25) is 0 Å². The average molecular weight is 234 g/mol. The van der Waals surface area contributed by atoms with Gasteiger partial charge in [-0.3, -0.25) is 0 Å². The zero-order valence-corrected chi connectivity index (χ0v) is 9.63. The summed E-state index contributed by atoms with van der Waals surface area (Å²) in [6.07, 6.45) is 1.16. The lowest BCUT2D eigenvalue weighted by atomic mass is 10.3. The Morgan fingerprint density at radius 1 is 1.35 bits per heavy atom. The quantitative estimate of drug-likeness (QED) is 0.760. The third-order valence-electron chi connectivity index (χ3n) is 2.31. The topological polar surface area (TPSA) is 53.4 Å². The summed E-state index contributed by atoms with van der Waals surface area (Å²) in [6.45, 7) is 3.15. The van der Waals surface area contributed by atoms with E-state index in [9.17, 15) is 4.79 Å². The van der Waals surface area contributed by atoms with Gasteiger partial charge in [0.1, 0.15) is 6.61 Å². The average Bonchev–Trinajstić information content (AvgIpc) is 2.78. The molecule has 5 heteroatoms. The minimum atomic E-state index is -0.481. The zero-order chi connectivity index (χ0) is 12.1. The second-order valence-electron chi connectivity index (χ2n) is 3.43. The predicted octanol–water partition coefficient (Wildman–Crippen LogP) is 2.06. The number of para-hydroxylation sites is 1. The van der Waals surface area contributed by atoms with E-state index in [1.807, 2.05) is 31.2 Å². The van der Waals surface area contributed by atoms with E-state index in [1.165, 1.54) is 4.68 Å². The van der Waals surface area contributed by atoms with Gasteiger partial charge in [-0.25, -0.2) is 4.79 Å². The summed E-state index contributed by atoms with van der Waals surface area (Å²) >= 11 is 0. The zero-order valence-electron chi connectivity index (χ0n) is 9.63. The minimum Gasteiger partial charge on any atom is -0.445 e. The molecular formula is C12H14N2O3. The lowest BCUT2D eigenvalue weighted by molar-refractivity contribution is 0.0786. The molecule has 0 amide bonds. The first-order valence-electron chi connectivity index (χ1n) is 5.50. The Kier molecular flexibility index (Phi) is 3.72. The summed E-state index contributed by atoms with van der Waals surface area (Å²) in [5.41, 5.74) is 0.744. The van der Waals surface area contributed by atoms with E-state index in [-0.39, 0.29) is 6.61 Å². The summed E-state index contributed by atoms with van der Waals surface area (Å²) in [6, 6.07) is 7.47. The van der Waals surface area contributed by atoms with E-state index in [4.69, 9.17) is 9.47 Å². The lowest BCUT2D eigenvalue weighted by Crippen LogP contribution is -2.17. The molecule has 2 aromatic rings. The normalized spacial score (nSPS) is 10.6. The fourth-order valence-electron chi connectivity index (χ4n) is 1.51. The van der Waals surface area contributed by atoms with Gasteiger partial charge in [-0.15, -0.1) is 0 Å². The van der Waals surface area contributed by atoms with Crippen molar-refractivity contribution in [2.75, 3.05) is 19.8 Å². The third-order valence-corrected chi connectivity index (χ3v) is 2.31. The van der Waals surface area contributed by atoms with Crippen LogP contribution in [0.15, 0.2) is 30.5 Å². The van der Waals surface area contributed by atoms with Gasteiger partial charge in [-0.2, -0.15) is 9.78 Å². The Balaban J connectivity index is 2.04. The Morgan fingerprint density at radius 2 is 2.18 bits per heavy atom. The molecule has 1 aromatic heterocycles. The van der Waals surface area contributed by atoms with Gasteiger partial charge in [-0.1, -0.05) is 18.2 Å². The molecule has 0 aliphatic carbocycles. The van der Waals surface area contributed by atoms with E-state index < -0.39 is 6.09 Å². The van der Waals surface area contributed by atoms with Crippen LogP contribution in [0.3, 0.4) is 0 Å². The lowest BCUT2D eigenvalue weighted by Gasteiger charge is -2.05. The minimum absolute atomic E-state index is 0.237.